The molecule has 1 aromatic carbocycles. The van der Waals surface area contributed by atoms with Crippen LogP contribution in [0.15, 0.2) is 48.7 Å². The summed E-state index contributed by atoms with van der Waals surface area (Å²) >= 11 is 0. The number of halogens is 3. The molecule has 1 aromatic heterocycles. The SMILES string of the molecule is C[C@H](OC(=O)c1cccc[n+]1[O-])C(=O)Nc1ccc(OC(F)(F)F)cc1. The zero-order valence-corrected chi connectivity index (χ0v) is 13.3. The number of ether oxygens (including phenoxy) is 2. The predicted molar refractivity (Wildman–Crippen MR) is 82.0 cm³/mol. The molecule has 7 nitrogen and oxygen atoms in total. The van der Waals surface area contributed by atoms with Gasteiger partial charge in [0.25, 0.3) is 5.91 Å². The lowest BCUT2D eigenvalue weighted by Gasteiger charge is -2.14. The zero-order chi connectivity index (χ0) is 19.3. The topological polar surface area (TPSA) is 91.6 Å². The van der Waals surface area contributed by atoms with Crippen molar-refractivity contribution in [1.82, 2.24) is 0 Å². The number of carbonyl (C=O) groups excluding carboxylic acids is 2. The number of pyridine rings is 1. The number of anilines is 1. The third-order valence-corrected chi connectivity index (χ3v) is 3.04. The maximum atomic E-state index is 12.1. The van der Waals surface area contributed by atoms with Crippen molar-refractivity contribution in [2.75, 3.05) is 5.32 Å². The Morgan fingerprint density at radius 2 is 1.81 bits per heavy atom. The van der Waals surface area contributed by atoms with E-state index in [4.69, 9.17) is 4.74 Å². The average Bonchev–Trinajstić information content (AvgIpc) is 2.55. The highest BCUT2D eigenvalue weighted by molar-refractivity contribution is 5.96. The summed E-state index contributed by atoms with van der Waals surface area (Å²) in [7, 11) is 0. The van der Waals surface area contributed by atoms with E-state index in [1.807, 2.05) is 0 Å². The predicted octanol–water partition coefficient (Wildman–Crippen LogP) is 2.40. The molecular formula is C16H13F3N2O5. The Kier molecular flexibility index (Phi) is 5.65. The van der Waals surface area contributed by atoms with E-state index in [0.717, 1.165) is 18.3 Å². The van der Waals surface area contributed by atoms with Crippen molar-refractivity contribution < 1.29 is 37.0 Å². The van der Waals surface area contributed by atoms with E-state index in [-0.39, 0.29) is 11.4 Å². The second kappa shape index (κ2) is 7.72. The summed E-state index contributed by atoms with van der Waals surface area (Å²) in [5.74, 6) is -2.16. The first-order valence-corrected chi connectivity index (χ1v) is 7.21. The lowest BCUT2D eigenvalue weighted by atomic mass is 10.3. The fraction of sp³-hybridized carbons (Fsp3) is 0.188. The molecule has 2 rings (SSSR count). The van der Waals surface area contributed by atoms with Gasteiger partial charge in [-0.3, -0.25) is 4.79 Å². The molecule has 138 valence electrons. The third kappa shape index (κ3) is 5.36. The summed E-state index contributed by atoms with van der Waals surface area (Å²) in [6.45, 7) is 1.28. The van der Waals surface area contributed by atoms with Gasteiger partial charge in [-0.15, -0.1) is 13.2 Å². The molecule has 1 atom stereocenters. The summed E-state index contributed by atoms with van der Waals surface area (Å²) in [5, 5.41) is 13.8. The molecule has 0 fully saturated rings. The molecule has 0 bridgehead atoms. The van der Waals surface area contributed by atoms with Crippen LogP contribution in [-0.2, 0) is 9.53 Å². The number of alkyl halides is 3. The molecule has 0 radical (unpaired) electrons. The van der Waals surface area contributed by atoms with Gasteiger partial charge in [0.1, 0.15) is 5.75 Å². The lowest BCUT2D eigenvalue weighted by Crippen LogP contribution is -2.37. The average molecular weight is 370 g/mol. The van der Waals surface area contributed by atoms with Crippen LogP contribution in [0.4, 0.5) is 18.9 Å². The van der Waals surface area contributed by atoms with E-state index in [1.54, 1.807) is 0 Å². The van der Waals surface area contributed by atoms with Gasteiger partial charge >= 0.3 is 18.0 Å². The van der Waals surface area contributed by atoms with Crippen LogP contribution < -0.4 is 14.8 Å². The van der Waals surface area contributed by atoms with Gasteiger partial charge in [0.2, 0.25) is 0 Å². The van der Waals surface area contributed by atoms with Crippen molar-refractivity contribution in [3.63, 3.8) is 0 Å². The van der Waals surface area contributed by atoms with Crippen molar-refractivity contribution in [3.8, 4) is 5.75 Å². The Bertz CT molecular complexity index is 793. The molecule has 1 N–H and O–H groups in total. The van der Waals surface area contributed by atoms with Gasteiger partial charge in [-0.05, 0) is 37.3 Å². The summed E-state index contributed by atoms with van der Waals surface area (Å²) < 4.78 is 45.2. The summed E-state index contributed by atoms with van der Waals surface area (Å²) in [6, 6.07) is 8.53. The Morgan fingerprint density at radius 3 is 2.38 bits per heavy atom. The fourth-order valence-electron chi connectivity index (χ4n) is 1.84. The fourth-order valence-corrected chi connectivity index (χ4v) is 1.84. The zero-order valence-electron chi connectivity index (χ0n) is 13.3. The number of carbonyl (C=O) groups is 2. The second-order valence-electron chi connectivity index (χ2n) is 5.02. The number of rotatable bonds is 5. The first kappa shape index (κ1) is 19.0. The van der Waals surface area contributed by atoms with Gasteiger partial charge in [-0.1, -0.05) is 0 Å². The van der Waals surface area contributed by atoms with Gasteiger partial charge < -0.3 is 20.0 Å². The highest BCUT2D eigenvalue weighted by Gasteiger charge is 2.31. The smallest absolute Gasteiger partial charge is 0.573 e. The highest BCUT2D eigenvalue weighted by Crippen LogP contribution is 2.24. The van der Waals surface area contributed by atoms with Gasteiger partial charge in [-0.2, -0.15) is 4.73 Å². The third-order valence-electron chi connectivity index (χ3n) is 3.04. The number of hydrogen-bond acceptors (Lipinski definition) is 5. The monoisotopic (exact) mass is 370 g/mol. The van der Waals surface area contributed by atoms with Crippen LogP contribution in [0, 0.1) is 5.21 Å². The second-order valence-corrected chi connectivity index (χ2v) is 5.02. The minimum atomic E-state index is -4.82. The maximum Gasteiger partial charge on any atom is 0.573 e. The molecular weight excluding hydrogens is 357 g/mol. The van der Waals surface area contributed by atoms with E-state index in [0.29, 0.717) is 4.73 Å². The van der Waals surface area contributed by atoms with Gasteiger partial charge in [0.15, 0.2) is 12.3 Å². The van der Waals surface area contributed by atoms with E-state index in [2.05, 4.69) is 10.1 Å². The van der Waals surface area contributed by atoms with Gasteiger partial charge in [0.05, 0.1) is 0 Å². The van der Waals surface area contributed by atoms with E-state index in [9.17, 15) is 28.0 Å². The number of benzene rings is 1. The minimum Gasteiger partial charge on any atom is -0.618 e. The molecule has 0 aliphatic rings. The quantitative estimate of drug-likeness (QED) is 0.496. The molecule has 0 aliphatic heterocycles. The molecule has 0 unspecified atom stereocenters. The van der Waals surface area contributed by atoms with Crippen molar-refractivity contribution >= 4 is 17.6 Å². The van der Waals surface area contributed by atoms with Crippen molar-refractivity contribution in [2.45, 2.75) is 19.4 Å². The van der Waals surface area contributed by atoms with Gasteiger partial charge in [0, 0.05) is 17.8 Å². The van der Waals surface area contributed by atoms with Crippen LogP contribution in [0.3, 0.4) is 0 Å². The number of nitrogens with zero attached hydrogens (tertiary/aromatic N) is 1. The van der Waals surface area contributed by atoms with Crippen LogP contribution in [-0.4, -0.2) is 24.3 Å². The summed E-state index contributed by atoms with van der Waals surface area (Å²) in [5.41, 5.74) is -0.119. The summed E-state index contributed by atoms with van der Waals surface area (Å²) in [4.78, 5) is 23.9. The normalized spacial score (nSPS) is 12.2. The van der Waals surface area contributed by atoms with E-state index < -0.39 is 30.1 Å². The number of nitrogens with one attached hydrogen (secondary N) is 1. The molecule has 10 heteroatoms. The highest BCUT2D eigenvalue weighted by atomic mass is 19.4. The van der Waals surface area contributed by atoms with E-state index >= 15 is 0 Å². The number of aromatic nitrogens is 1. The van der Waals surface area contributed by atoms with Crippen molar-refractivity contribution in [1.29, 1.82) is 0 Å². The molecule has 1 heterocycles. The molecule has 1 amide bonds. The van der Waals surface area contributed by atoms with Crippen LogP contribution in [0.25, 0.3) is 0 Å². The Labute approximate surface area is 145 Å². The standard InChI is InChI=1S/C16H13F3N2O5/c1-10(25-15(23)13-4-2-3-9-21(13)24)14(22)20-11-5-7-12(8-6-11)26-16(17,18)19/h2-10H,1H3,(H,20,22)/t10-/m0/s1. The Morgan fingerprint density at radius 1 is 1.15 bits per heavy atom. The van der Waals surface area contributed by atoms with Crippen LogP contribution >= 0.6 is 0 Å². The number of esters is 1. The van der Waals surface area contributed by atoms with Crippen LogP contribution in [0.5, 0.6) is 5.75 Å². The Balaban J connectivity index is 1.94. The maximum absolute atomic E-state index is 12.1. The minimum absolute atomic E-state index is 0.172. The van der Waals surface area contributed by atoms with Crippen LogP contribution in [0.2, 0.25) is 0 Å². The first-order valence-electron chi connectivity index (χ1n) is 7.21. The van der Waals surface area contributed by atoms with Gasteiger partial charge in [-0.25, -0.2) is 4.79 Å². The number of amides is 1. The molecule has 0 aliphatic carbocycles. The molecule has 26 heavy (non-hydrogen) atoms. The molecule has 2 aromatic rings. The first-order chi connectivity index (χ1) is 12.2. The lowest BCUT2D eigenvalue weighted by molar-refractivity contribution is -0.608. The molecule has 0 saturated heterocycles. The van der Waals surface area contributed by atoms with Crippen molar-refractivity contribution in [3.05, 3.63) is 59.6 Å². The summed E-state index contributed by atoms with van der Waals surface area (Å²) in [6.07, 6.45) is -4.95. The van der Waals surface area contributed by atoms with E-state index in [1.165, 1.54) is 37.3 Å². The van der Waals surface area contributed by atoms with Crippen molar-refractivity contribution in [2.24, 2.45) is 0 Å². The largest absolute Gasteiger partial charge is 0.618 e. The molecule has 0 spiro atoms. The van der Waals surface area contributed by atoms with Crippen LogP contribution in [0.1, 0.15) is 17.4 Å². The molecule has 0 saturated carbocycles. The number of hydrogen-bond donors (Lipinski definition) is 1. The Hall–Kier alpha value is -3.30.